The first kappa shape index (κ1) is 18.2. The minimum absolute atomic E-state index is 0.0100. The number of nitrogens with zero attached hydrogens (tertiary/aromatic N) is 1. The maximum Gasteiger partial charge on any atom is 0.331 e. The minimum atomic E-state index is -0.647. The fourth-order valence-corrected chi connectivity index (χ4v) is 4.09. The number of anilines is 1. The van der Waals surface area contributed by atoms with Gasteiger partial charge in [0.15, 0.2) is 0 Å². The average molecular weight is 378 g/mol. The zero-order valence-corrected chi connectivity index (χ0v) is 16.1. The molecule has 0 saturated heterocycles. The Kier molecular flexibility index (Phi) is 4.22. The number of fused-ring (bicyclic) bond motifs is 2. The fraction of sp³-hybridized carbons (Fsp3) is 0.318. The second kappa shape index (κ2) is 6.48. The van der Waals surface area contributed by atoms with E-state index in [9.17, 15) is 14.4 Å². The second-order valence-electron chi connectivity index (χ2n) is 8.08. The number of hydrogen-bond acceptors (Lipinski definition) is 5. The smallest absolute Gasteiger partial charge is 0.331 e. The van der Waals surface area contributed by atoms with Crippen LogP contribution in [0.1, 0.15) is 59.4 Å². The molecule has 0 bridgehead atoms. The Hall–Kier alpha value is -3.15. The molecule has 2 heterocycles. The van der Waals surface area contributed by atoms with Gasteiger partial charge < -0.3 is 10.1 Å². The van der Waals surface area contributed by atoms with Crippen molar-refractivity contribution >= 4 is 23.5 Å². The Bertz CT molecular complexity index is 961. The molecular formula is C22H22N2O4. The fourth-order valence-electron chi connectivity index (χ4n) is 4.09. The van der Waals surface area contributed by atoms with E-state index in [1.54, 1.807) is 30.3 Å². The van der Waals surface area contributed by atoms with E-state index in [1.165, 1.54) is 0 Å². The minimum Gasteiger partial charge on any atom is -0.425 e. The number of carbonyl (C=O) groups is 3. The summed E-state index contributed by atoms with van der Waals surface area (Å²) >= 11 is 0. The zero-order chi connectivity index (χ0) is 20.1. The number of imide groups is 1. The van der Waals surface area contributed by atoms with Gasteiger partial charge in [0.2, 0.25) is 0 Å². The number of rotatable bonds is 3. The maximum atomic E-state index is 12.4. The van der Waals surface area contributed by atoms with E-state index in [2.05, 4.69) is 26.1 Å². The summed E-state index contributed by atoms with van der Waals surface area (Å²) in [6.07, 6.45) is 0.965. The van der Waals surface area contributed by atoms with Crippen LogP contribution >= 0.6 is 0 Å². The molecule has 0 fully saturated rings. The van der Waals surface area contributed by atoms with E-state index < -0.39 is 24.3 Å². The largest absolute Gasteiger partial charge is 0.425 e. The molecule has 144 valence electrons. The van der Waals surface area contributed by atoms with Crippen molar-refractivity contribution in [2.75, 3.05) is 11.9 Å². The highest BCUT2D eigenvalue weighted by atomic mass is 16.5. The van der Waals surface area contributed by atoms with E-state index in [1.807, 2.05) is 12.1 Å². The molecular weight excluding hydrogens is 356 g/mol. The number of hydrogen-bond donors (Lipinski definition) is 1. The highest BCUT2D eigenvalue weighted by Crippen LogP contribution is 2.40. The van der Waals surface area contributed by atoms with E-state index in [4.69, 9.17) is 4.74 Å². The molecule has 6 heteroatoms. The molecule has 0 spiro atoms. The third-order valence-electron chi connectivity index (χ3n) is 5.24. The molecule has 2 aliphatic heterocycles. The summed E-state index contributed by atoms with van der Waals surface area (Å²) in [7, 11) is 0. The van der Waals surface area contributed by atoms with E-state index in [-0.39, 0.29) is 5.54 Å². The maximum absolute atomic E-state index is 12.4. The van der Waals surface area contributed by atoms with Gasteiger partial charge in [0.05, 0.1) is 11.1 Å². The van der Waals surface area contributed by atoms with Crippen LogP contribution < -0.4 is 10.1 Å². The Labute approximate surface area is 163 Å². The molecule has 2 aliphatic rings. The number of benzene rings is 2. The van der Waals surface area contributed by atoms with Gasteiger partial charge in [-0.3, -0.25) is 14.5 Å². The van der Waals surface area contributed by atoms with Gasteiger partial charge in [-0.05, 0) is 62.1 Å². The molecule has 0 saturated carbocycles. The van der Waals surface area contributed by atoms with Gasteiger partial charge in [0.25, 0.3) is 11.8 Å². The lowest BCUT2D eigenvalue weighted by atomic mass is 9.82. The lowest BCUT2D eigenvalue weighted by Crippen LogP contribution is -2.37. The molecule has 2 aromatic carbocycles. The predicted octanol–water partition coefficient (Wildman–Crippen LogP) is 3.59. The standard InChI is InChI=1S/C22H22N2O4/c1-13-11-22(2,3)23-18-9-8-14(10-17(13)18)28-19(25)12-24-20(26)15-6-4-5-7-16(15)21(24)27/h4-10,13,23H,11-12H2,1-3H3/t13-/m0/s1. The van der Waals surface area contributed by atoms with Crippen molar-refractivity contribution in [3.63, 3.8) is 0 Å². The molecule has 2 aromatic rings. The van der Waals surface area contributed by atoms with Crippen molar-refractivity contribution in [1.82, 2.24) is 4.90 Å². The van der Waals surface area contributed by atoms with Crippen molar-refractivity contribution < 1.29 is 19.1 Å². The van der Waals surface area contributed by atoms with E-state index in [0.717, 1.165) is 22.6 Å². The van der Waals surface area contributed by atoms with Crippen LogP contribution in [0, 0.1) is 0 Å². The summed E-state index contributed by atoms with van der Waals surface area (Å²) in [6.45, 7) is 6.04. The second-order valence-corrected chi connectivity index (χ2v) is 8.08. The van der Waals surface area contributed by atoms with Crippen LogP contribution in [0.25, 0.3) is 0 Å². The topological polar surface area (TPSA) is 75.7 Å². The third kappa shape index (κ3) is 3.15. The SMILES string of the molecule is C[C@H]1CC(C)(C)Nc2ccc(OC(=O)CN3C(=O)c4ccccc4C3=O)cc21. The molecule has 0 aliphatic carbocycles. The lowest BCUT2D eigenvalue weighted by molar-refractivity contribution is -0.134. The molecule has 0 aromatic heterocycles. The van der Waals surface area contributed by atoms with Crippen molar-refractivity contribution in [1.29, 1.82) is 0 Å². The molecule has 2 amide bonds. The highest BCUT2D eigenvalue weighted by Gasteiger charge is 2.37. The van der Waals surface area contributed by atoms with Crippen molar-refractivity contribution in [2.24, 2.45) is 0 Å². The predicted molar refractivity (Wildman–Crippen MR) is 105 cm³/mol. The monoisotopic (exact) mass is 378 g/mol. The Morgan fingerprint density at radius 3 is 2.43 bits per heavy atom. The highest BCUT2D eigenvalue weighted by molar-refractivity contribution is 6.22. The first-order valence-electron chi connectivity index (χ1n) is 9.33. The summed E-state index contributed by atoms with van der Waals surface area (Å²) in [6, 6.07) is 12.0. The van der Waals surface area contributed by atoms with E-state index >= 15 is 0 Å². The summed E-state index contributed by atoms with van der Waals surface area (Å²) in [5.74, 6) is -0.854. The van der Waals surface area contributed by atoms with Crippen LogP contribution in [0.2, 0.25) is 0 Å². The van der Waals surface area contributed by atoms with Crippen molar-refractivity contribution in [2.45, 2.75) is 38.6 Å². The van der Waals surface area contributed by atoms with Crippen LogP contribution in [0.4, 0.5) is 5.69 Å². The van der Waals surface area contributed by atoms with Gasteiger partial charge in [-0.1, -0.05) is 19.1 Å². The van der Waals surface area contributed by atoms with Gasteiger partial charge >= 0.3 is 5.97 Å². The van der Waals surface area contributed by atoms with Crippen molar-refractivity contribution in [3.8, 4) is 5.75 Å². The van der Waals surface area contributed by atoms with Crippen molar-refractivity contribution in [3.05, 3.63) is 59.2 Å². The van der Waals surface area contributed by atoms with Gasteiger partial charge in [-0.2, -0.15) is 0 Å². The van der Waals surface area contributed by atoms with E-state index in [0.29, 0.717) is 22.8 Å². The summed E-state index contributed by atoms with van der Waals surface area (Å²) in [5.41, 5.74) is 2.76. The van der Waals surface area contributed by atoms with Gasteiger partial charge in [-0.15, -0.1) is 0 Å². The van der Waals surface area contributed by atoms with Crippen LogP contribution in [0.3, 0.4) is 0 Å². The Morgan fingerprint density at radius 2 is 1.79 bits per heavy atom. The number of esters is 1. The summed E-state index contributed by atoms with van der Waals surface area (Å²) < 4.78 is 5.43. The Balaban J connectivity index is 1.48. The molecule has 28 heavy (non-hydrogen) atoms. The summed E-state index contributed by atoms with van der Waals surface area (Å²) in [4.78, 5) is 38.1. The summed E-state index contributed by atoms with van der Waals surface area (Å²) in [5, 5.41) is 3.49. The molecule has 4 rings (SSSR count). The lowest BCUT2D eigenvalue weighted by Gasteiger charge is -2.37. The number of ether oxygens (including phenoxy) is 1. The van der Waals surface area contributed by atoms with Crippen LogP contribution in [-0.4, -0.2) is 34.8 Å². The first-order chi connectivity index (χ1) is 13.2. The molecule has 1 N–H and O–H groups in total. The van der Waals surface area contributed by atoms with Crippen LogP contribution in [-0.2, 0) is 4.79 Å². The average Bonchev–Trinajstić information content (AvgIpc) is 2.87. The molecule has 0 unspecified atom stereocenters. The number of nitrogens with one attached hydrogen (secondary N) is 1. The van der Waals surface area contributed by atoms with Gasteiger partial charge in [-0.25, -0.2) is 4.79 Å². The number of carbonyl (C=O) groups excluding carboxylic acids is 3. The van der Waals surface area contributed by atoms with Crippen LogP contribution in [0.15, 0.2) is 42.5 Å². The zero-order valence-electron chi connectivity index (χ0n) is 16.1. The quantitative estimate of drug-likeness (QED) is 0.502. The van der Waals surface area contributed by atoms with Crippen LogP contribution in [0.5, 0.6) is 5.75 Å². The first-order valence-corrected chi connectivity index (χ1v) is 9.33. The Morgan fingerprint density at radius 1 is 1.14 bits per heavy atom. The normalized spacial score (nSPS) is 19.7. The molecule has 1 atom stereocenters. The molecule has 6 nitrogen and oxygen atoms in total. The molecule has 0 radical (unpaired) electrons. The third-order valence-corrected chi connectivity index (χ3v) is 5.24. The number of amides is 2. The van der Waals surface area contributed by atoms with Gasteiger partial charge in [0, 0.05) is 11.2 Å². The van der Waals surface area contributed by atoms with Gasteiger partial charge in [0.1, 0.15) is 12.3 Å².